The van der Waals surface area contributed by atoms with Gasteiger partial charge >= 0.3 is 6.09 Å². The largest absolute Gasteiger partial charge is 0.443 e. The van der Waals surface area contributed by atoms with Crippen molar-refractivity contribution in [2.24, 2.45) is 0 Å². The van der Waals surface area contributed by atoms with E-state index in [4.69, 9.17) is 4.74 Å². The Morgan fingerprint density at radius 1 is 1.25 bits per heavy atom. The van der Waals surface area contributed by atoms with E-state index in [2.05, 4.69) is 31.1 Å². The van der Waals surface area contributed by atoms with Crippen LogP contribution in [0.5, 0.6) is 0 Å². The van der Waals surface area contributed by atoms with Crippen LogP contribution in [-0.4, -0.2) is 30.6 Å². The van der Waals surface area contributed by atoms with Crippen molar-refractivity contribution in [2.45, 2.75) is 46.0 Å². The van der Waals surface area contributed by atoms with Crippen LogP contribution in [0.15, 0.2) is 24.4 Å². The maximum atomic E-state index is 12.4. The normalized spacial score (nSPS) is 11.8. The van der Waals surface area contributed by atoms with Gasteiger partial charge < -0.3 is 4.74 Å². The van der Waals surface area contributed by atoms with Gasteiger partial charge in [-0.3, -0.25) is 9.36 Å². The first-order valence-corrected chi connectivity index (χ1v) is 11.4. The Bertz CT molecular complexity index is 855. The van der Waals surface area contributed by atoms with Crippen LogP contribution < -0.4 is 0 Å². The summed E-state index contributed by atoms with van der Waals surface area (Å²) in [7, 11) is -1.55. The van der Waals surface area contributed by atoms with E-state index < -0.39 is 19.8 Å². The van der Waals surface area contributed by atoms with E-state index in [0.29, 0.717) is 16.5 Å². The van der Waals surface area contributed by atoms with Gasteiger partial charge in [0.1, 0.15) is 13.7 Å². The summed E-state index contributed by atoms with van der Waals surface area (Å²) in [6, 6.07) is 5.51. The van der Waals surface area contributed by atoms with Crippen LogP contribution in [0.3, 0.4) is 0 Å². The maximum absolute atomic E-state index is 12.4. The third kappa shape index (κ3) is 4.15. The van der Waals surface area contributed by atoms with Gasteiger partial charge in [0.15, 0.2) is 6.29 Å². The van der Waals surface area contributed by atoms with Crippen molar-refractivity contribution in [1.82, 2.24) is 4.57 Å². The van der Waals surface area contributed by atoms with E-state index in [-0.39, 0.29) is 0 Å². The van der Waals surface area contributed by atoms with E-state index in [0.717, 1.165) is 11.8 Å². The number of ether oxygens (including phenoxy) is 1. The summed E-state index contributed by atoms with van der Waals surface area (Å²) in [5, 5.41) is 0.698. The number of benzene rings is 1. The number of carbonyl (C=O) groups excluding carboxylic acids is 2. The molecule has 1 aromatic carbocycles. The van der Waals surface area contributed by atoms with Gasteiger partial charge in [-0.1, -0.05) is 31.6 Å². The van der Waals surface area contributed by atoms with Crippen LogP contribution in [0.25, 0.3) is 10.9 Å². The number of nitrogens with zero attached hydrogens (tertiary/aromatic N) is 1. The lowest BCUT2D eigenvalue weighted by Crippen LogP contribution is -2.26. The Hall–Kier alpha value is -2.32. The molecule has 0 saturated heterocycles. The van der Waals surface area contributed by atoms with Crippen LogP contribution in [0.4, 0.5) is 4.79 Å². The van der Waals surface area contributed by atoms with Crippen molar-refractivity contribution in [2.75, 3.05) is 0 Å². The third-order valence-corrected chi connectivity index (χ3v) is 4.02. The molecule has 1 aromatic heterocycles. The van der Waals surface area contributed by atoms with E-state index in [9.17, 15) is 9.59 Å². The van der Waals surface area contributed by atoms with Crippen molar-refractivity contribution in [3.05, 3.63) is 35.5 Å². The number of carbonyl (C=O) groups is 2. The summed E-state index contributed by atoms with van der Waals surface area (Å²) in [6.07, 6.45) is 1.77. The molecule has 0 amide bonds. The van der Waals surface area contributed by atoms with E-state index >= 15 is 0 Å². The lowest BCUT2D eigenvalue weighted by molar-refractivity contribution is 0.0544. The second-order valence-electron chi connectivity index (χ2n) is 7.75. The first kappa shape index (κ1) is 18.0. The van der Waals surface area contributed by atoms with Gasteiger partial charge in [-0.05, 0) is 32.9 Å². The first-order valence-electron chi connectivity index (χ1n) is 7.87. The summed E-state index contributed by atoms with van der Waals surface area (Å²) in [5.74, 6) is 3.19. The first-order chi connectivity index (χ1) is 11.0. The molecule has 0 aliphatic heterocycles. The minimum atomic E-state index is -1.55. The van der Waals surface area contributed by atoms with Gasteiger partial charge in [-0.25, -0.2) is 4.79 Å². The van der Waals surface area contributed by atoms with Gasteiger partial charge in [-0.15, -0.1) is 5.54 Å². The lowest BCUT2D eigenvalue weighted by Gasteiger charge is -2.19. The summed E-state index contributed by atoms with van der Waals surface area (Å²) in [4.78, 5) is 23.9. The topological polar surface area (TPSA) is 48.3 Å². The highest BCUT2D eigenvalue weighted by atomic mass is 28.3. The second-order valence-corrected chi connectivity index (χ2v) is 12.5. The standard InChI is InChI=1S/C19H23NO3Si/c1-19(2,3)23-18(22)20-12-15(13-21)17-14(8-7-9-16(17)20)10-11-24(4,5)6/h7-9,12-13H,1-6H3. The zero-order chi connectivity index (χ0) is 18.1. The van der Waals surface area contributed by atoms with Crippen molar-refractivity contribution in [1.29, 1.82) is 0 Å². The van der Waals surface area contributed by atoms with Crippen LogP contribution >= 0.6 is 0 Å². The Kier molecular flexibility index (Phi) is 4.72. The molecular weight excluding hydrogens is 318 g/mol. The predicted octanol–water partition coefficient (Wildman–Crippen LogP) is 4.47. The molecule has 24 heavy (non-hydrogen) atoms. The number of hydrogen-bond acceptors (Lipinski definition) is 3. The summed E-state index contributed by atoms with van der Waals surface area (Å²) in [6.45, 7) is 11.9. The Morgan fingerprint density at radius 2 is 1.92 bits per heavy atom. The average Bonchev–Trinajstić information content (AvgIpc) is 2.82. The van der Waals surface area contributed by atoms with Crippen LogP contribution in [0, 0.1) is 11.5 Å². The molecule has 0 unspecified atom stereocenters. The molecule has 0 aliphatic carbocycles. The highest BCUT2D eigenvalue weighted by Gasteiger charge is 2.21. The van der Waals surface area contributed by atoms with Crippen molar-refractivity contribution >= 4 is 31.4 Å². The number of aldehydes is 1. The maximum Gasteiger partial charge on any atom is 0.419 e. The SMILES string of the molecule is CC(C)(C)OC(=O)n1cc(C=O)c2c(C#C[Si](C)(C)C)cccc21. The van der Waals surface area contributed by atoms with E-state index in [1.165, 1.54) is 10.8 Å². The zero-order valence-corrected chi connectivity index (χ0v) is 16.1. The summed E-state index contributed by atoms with van der Waals surface area (Å²) in [5.41, 5.74) is 4.54. The minimum Gasteiger partial charge on any atom is -0.443 e. The molecule has 0 aliphatic rings. The molecule has 0 radical (unpaired) electrons. The zero-order valence-electron chi connectivity index (χ0n) is 15.1. The Morgan fingerprint density at radius 3 is 2.46 bits per heavy atom. The fourth-order valence-corrected chi connectivity index (χ4v) is 2.74. The molecule has 2 aromatic rings. The second kappa shape index (κ2) is 6.29. The molecule has 2 rings (SSSR count). The summed E-state index contributed by atoms with van der Waals surface area (Å²) < 4.78 is 6.80. The number of rotatable bonds is 1. The van der Waals surface area contributed by atoms with Crippen molar-refractivity contribution in [3.8, 4) is 11.5 Å². The Balaban J connectivity index is 2.64. The highest BCUT2D eigenvalue weighted by molar-refractivity contribution is 6.83. The van der Waals surface area contributed by atoms with Crippen LogP contribution in [-0.2, 0) is 4.74 Å². The molecule has 5 heteroatoms. The molecule has 0 spiro atoms. The molecule has 0 N–H and O–H groups in total. The van der Waals surface area contributed by atoms with Crippen molar-refractivity contribution < 1.29 is 14.3 Å². The minimum absolute atomic E-state index is 0.441. The van der Waals surface area contributed by atoms with E-state index in [1.807, 2.05) is 32.9 Å². The number of hydrogen-bond donors (Lipinski definition) is 0. The molecule has 4 nitrogen and oxygen atoms in total. The smallest absolute Gasteiger partial charge is 0.419 e. The number of fused-ring (bicyclic) bond motifs is 1. The van der Waals surface area contributed by atoms with Crippen molar-refractivity contribution in [3.63, 3.8) is 0 Å². The fraction of sp³-hybridized carbons (Fsp3) is 0.368. The molecule has 0 atom stereocenters. The monoisotopic (exact) mass is 341 g/mol. The van der Waals surface area contributed by atoms with Gasteiger partial charge in [0.2, 0.25) is 0 Å². The lowest BCUT2D eigenvalue weighted by atomic mass is 10.1. The summed E-state index contributed by atoms with van der Waals surface area (Å²) >= 11 is 0. The quantitative estimate of drug-likeness (QED) is 0.437. The number of aromatic nitrogens is 1. The molecule has 0 saturated carbocycles. The van der Waals surface area contributed by atoms with Gasteiger partial charge in [0.05, 0.1) is 5.52 Å². The fourth-order valence-electron chi connectivity index (χ4n) is 2.23. The van der Waals surface area contributed by atoms with Crippen LogP contribution in [0.2, 0.25) is 19.6 Å². The van der Waals surface area contributed by atoms with E-state index in [1.54, 1.807) is 6.07 Å². The molecule has 0 bridgehead atoms. The molecule has 1 heterocycles. The third-order valence-electron chi connectivity index (χ3n) is 3.15. The van der Waals surface area contributed by atoms with Crippen LogP contribution in [0.1, 0.15) is 36.7 Å². The van der Waals surface area contributed by atoms with Gasteiger partial charge in [0.25, 0.3) is 0 Å². The predicted molar refractivity (Wildman–Crippen MR) is 99.2 cm³/mol. The van der Waals surface area contributed by atoms with Gasteiger partial charge in [0, 0.05) is 22.7 Å². The molecular formula is C19H23NO3Si. The molecule has 0 fully saturated rings. The average molecular weight is 341 g/mol. The highest BCUT2D eigenvalue weighted by Crippen LogP contribution is 2.25. The Labute approximate surface area is 143 Å². The van der Waals surface area contributed by atoms with Gasteiger partial charge in [-0.2, -0.15) is 0 Å². The molecule has 126 valence electrons.